The molecule has 3 nitrogen and oxygen atoms in total. The highest BCUT2D eigenvalue weighted by Gasteiger charge is 2.16. The van der Waals surface area contributed by atoms with Crippen molar-refractivity contribution in [1.82, 2.24) is 0 Å². The molecule has 2 atom stereocenters. The van der Waals surface area contributed by atoms with Crippen LogP contribution < -0.4 is 5.73 Å². The highest BCUT2D eigenvalue weighted by Crippen LogP contribution is 2.28. The maximum Gasteiger partial charge on any atom is 0.157 e. The van der Waals surface area contributed by atoms with E-state index in [1.807, 2.05) is 18.2 Å². The van der Waals surface area contributed by atoms with Crippen LogP contribution in [-0.4, -0.2) is 26.0 Å². The van der Waals surface area contributed by atoms with Crippen LogP contribution in [0.5, 0.6) is 0 Å². The largest absolute Gasteiger partial charge is 0.353 e. The average Bonchev–Trinajstić information content (AvgIpc) is 2.48. The summed E-state index contributed by atoms with van der Waals surface area (Å²) in [5, 5.41) is 1.14. The Bertz CT molecular complexity index is 422. The summed E-state index contributed by atoms with van der Waals surface area (Å²) in [6.07, 6.45) is 4.11. The smallest absolute Gasteiger partial charge is 0.157 e. The van der Waals surface area contributed by atoms with Crippen LogP contribution in [0, 0.1) is 0 Å². The van der Waals surface area contributed by atoms with Crippen molar-refractivity contribution in [2.75, 3.05) is 19.8 Å². The van der Waals surface area contributed by atoms with E-state index in [0.717, 1.165) is 31.4 Å². The fourth-order valence-corrected chi connectivity index (χ4v) is 2.68. The molecule has 2 N–H and O–H groups in total. The third kappa shape index (κ3) is 4.61. The molecule has 0 aliphatic carbocycles. The van der Waals surface area contributed by atoms with Crippen molar-refractivity contribution in [2.24, 2.45) is 5.73 Å². The van der Waals surface area contributed by atoms with Crippen molar-refractivity contribution < 1.29 is 9.47 Å². The Morgan fingerprint density at radius 1 is 1.30 bits per heavy atom. The van der Waals surface area contributed by atoms with Gasteiger partial charge >= 0.3 is 0 Å². The molecule has 0 radical (unpaired) electrons. The van der Waals surface area contributed by atoms with Gasteiger partial charge in [-0.3, -0.25) is 0 Å². The molecule has 5 heteroatoms. The van der Waals surface area contributed by atoms with Gasteiger partial charge < -0.3 is 15.2 Å². The summed E-state index contributed by atoms with van der Waals surface area (Å²) in [5.41, 5.74) is 6.96. The molecule has 1 heterocycles. The molecule has 1 aromatic rings. The van der Waals surface area contributed by atoms with Gasteiger partial charge in [0.2, 0.25) is 0 Å². The molecule has 1 aliphatic heterocycles. The predicted molar refractivity (Wildman–Crippen MR) is 82.4 cm³/mol. The van der Waals surface area contributed by atoms with E-state index < -0.39 is 0 Å². The van der Waals surface area contributed by atoms with Crippen LogP contribution >= 0.6 is 23.2 Å². The lowest BCUT2D eigenvalue weighted by Crippen LogP contribution is -2.24. The summed E-state index contributed by atoms with van der Waals surface area (Å²) in [6.45, 7) is 2.01. The second-order valence-corrected chi connectivity index (χ2v) is 5.88. The Balaban J connectivity index is 1.83. The second-order valence-electron chi connectivity index (χ2n) is 5.06. The van der Waals surface area contributed by atoms with Crippen LogP contribution in [0.15, 0.2) is 18.2 Å². The van der Waals surface area contributed by atoms with Crippen molar-refractivity contribution in [2.45, 2.75) is 37.9 Å². The molecule has 0 bridgehead atoms. The van der Waals surface area contributed by atoms with Crippen LogP contribution in [0.4, 0.5) is 0 Å². The zero-order valence-corrected chi connectivity index (χ0v) is 13.0. The maximum atomic E-state index is 6.05. The van der Waals surface area contributed by atoms with Gasteiger partial charge in [0.15, 0.2) is 6.29 Å². The van der Waals surface area contributed by atoms with Gasteiger partial charge in [-0.2, -0.15) is 0 Å². The SMILES string of the molecule is NC[C@@H](CCO[C@H]1CCCCO1)c1ccc(Cl)c(Cl)c1. The Labute approximate surface area is 130 Å². The lowest BCUT2D eigenvalue weighted by Gasteiger charge is -2.24. The molecule has 0 amide bonds. The van der Waals surface area contributed by atoms with Crippen LogP contribution in [0.2, 0.25) is 10.0 Å². The lowest BCUT2D eigenvalue weighted by atomic mass is 9.96. The molecule has 20 heavy (non-hydrogen) atoms. The first-order valence-corrected chi connectivity index (χ1v) is 7.84. The summed E-state index contributed by atoms with van der Waals surface area (Å²) in [5.74, 6) is 0.230. The minimum absolute atomic E-state index is 0.0454. The van der Waals surface area contributed by atoms with Crippen molar-refractivity contribution in [3.63, 3.8) is 0 Å². The summed E-state index contributed by atoms with van der Waals surface area (Å²) >= 11 is 12.0. The van der Waals surface area contributed by atoms with E-state index in [-0.39, 0.29) is 12.2 Å². The van der Waals surface area contributed by atoms with Gasteiger partial charge in [0, 0.05) is 6.61 Å². The number of halogens is 2. The fraction of sp³-hybridized carbons (Fsp3) is 0.600. The highest BCUT2D eigenvalue weighted by molar-refractivity contribution is 6.42. The molecule has 0 spiro atoms. The molecular formula is C15H21Cl2NO2. The van der Waals surface area contributed by atoms with E-state index in [1.54, 1.807) is 0 Å². The van der Waals surface area contributed by atoms with E-state index >= 15 is 0 Å². The minimum atomic E-state index is -0.0454. The van der Waals surface area contributed by atoms with Gasteiger partial charge in [-0.05, 0) is 55.8 Å². The standard InChI is InChI=1S/C15H21Cl2NO2/c16-13-5-4-11(9-14(13)17)12(10-18)6-8-20-15-3-1-2-7-19-15/h4-5,9,12,15H,1-3,6-8,10,18H2/t12-,15+/m1/s1. The molecule has 112 valence electrons. The zero-order valence-electron chi connectivity index (χ0n) is 11.5. The molecule has 1 saturated heterocycles. The highest BCUT2D eigenvalue weighted by atomic mass is 35.5. The van der Waals surface area contributed by atoms with E-state index in [1.165, 1.54) is 6.42 Å². The Hall–Kier alpha value is -0.320. The molecule has 1 aliphatic rings. The summed E-state index contributed by atoms with van der Waals surface area (Å²) in [7, 11) is 0. The van der Waals surface area contributed by atoms with E-state index in [4.69, 9.17) is 38.4 Å². The summed E-state index contributed by atoms with van der Waals surface area (Å²) in [6, 6.07) is 5.67. The van der Waals surface area contributed by atoms with Gasteiger partial charge in [0.25, 0.3) is 0 Å². The van der Waals surface area contributed by atoms with Gasteiger partial charge in [0.1, 0.15) is 0 Å². The van der Waals surface area contributed by atoms with Gasteiger partial charge in [-0.15, -0.1) is 0 Å². The fourth-order valence-electron chi connectivity index (χ4n) is 2.37. The second kappa shape index (κ2) is 8.20. The lowest BCUT2D eigenvalue weighted by molar-refractivity contribution is -0.163. The molecular weight excluding hydrogens is 297 g/mol. The first-order valence-electron chi connectivity index (χ1n) is 7.09. The number of benzene rings is 1. The van der Waals surface area contributed by atoms with Crippen molar-refractivity contribution >= 4 is 23.2 Å². The van der Waals surface area contributed by atoms with E-state index in [0.29, 0.717) is 23.2 Å². The molecule has 0 unspecified atom stereocenters. The van der Waals surface area contributed by atoms with Crippen LogP contribution in [0.1, 0.15) is 37.2 Å². The first-order chi connectivity index (χ1) is 9.70. The third-order valence-electron chi connectivity index (χ3n) is 3.61. The molecule has 1 fully saturated rings. The summed E-state index contributed by atoms with van der Waals surface area (Å²) < 4.78 is 11.3. The van der Waals surface area contributed by atoms with Crippen LogP contribution in [0.3, 0.4) is 0 Å². The number of hydrogen-bond donors (Lipinski definition) is 1. The Kier molecular flexibility index (Phi) is 6.59. The molecule has 0 aromatic heterocycles. The normalized spacial score (nSPS) is 20.9. The number of rotatable bonds is 6. The van der Waals surface area contributed by atoms with Gasteiger partial charge in [-0.1, -0.05) is 29.3 Å². The number of nitrogens with two attached hydrogens (primary N) is 1. The monoisotopic (exact) mass is 317 g/mol. The average molecular weight is 318 g/mol. The van der Waals surface area contributed by atoms with Crippen molar-refractivity contribution in [3.05, 3.63) is 33.8 Å². The van der Waals surface area contributed by atoms with Crippen LogP contribution in [0.25, 0.3) is 0 Å². The van der Waals surface area contributed by atoms with Crippen molar-refractivity contribution in [1.29, 1.82) is 0 Å². The zero-order chi connectivity index (χ0) is 14.4. The number of ether oxygens (including phenoxy) is 2. The third-order valence-corrected chi connectivity index (χ3v) is 4.35. The van der Waals surface area contributed by atoms with Gasteiger partial charge in [-0.25, -0.2) is 0 Å². The van der Waals surface area contributed by atoms with E-state index in [9.17, 15) is 0 Å². The predicted octanol–water partition coefficient (Wildman–Crippen LogP) is 3.97. The molecule has 1 aromatic carbocycles. The number of hydrogen-bond acceptors (Lipinski definition) is 3. The molecule has 0 saturated carbocycles. The topological polar surface area (TPSA) is 44.5 Å². The minimum Gasteiger partial charge on any atom is -0.353 e. The first kappa shape index (κ1) is 16.1. The van der Waals surface area contributed by atoms with E-state index in [2.05, 4.69) is 0 Å². The Morgan fingerprint density at radius 2 is 2.15 bits per heavy atom. The summed E-state index contributed by atoms with van der Waals surface area (Å²) in [4.78, 5) is 0. The van der Waals surface area contributed by atoms with Crippen LogP contribution in [-0.2, 0) is 9.47 Å². The van der Waals surface area contributed by atoms with Gasteiger partial charge in [0.05, 0.1) is 16.7 Å². The Morgan fingerprint density at radius 3 is 2.80 bits per heavy atom. The maximum absolute atomic E-state index is 6.05. The quantitative estimate of drug-likeness (QED) is 0.863. The van der Waals surface area contributed by atoms with Crippen molar-refractivity contribution in [3.8, 4) is 0 Å². The molecule has 2 rings (SSSR count).